The van der Waals surface area contributed by atoms with Crippen LogP contribution in [0, 0.1) is 11.8 Å². The second kappa shape index (κ2) is 9.73. The number of alkyl halides is 6. The van der Waals surface area contributed by atoms with Gasteiger partial charge in [0.2, 0.25) is 11.9 Å². The number of carbonyl (C=O) groups excluding carboxylic acids is 2. The topological polar surface area (TPSA) is 119 Å². The lowest BCUT2D eigenvalue weighted by Crippen LogP contribution is -2.29. The fraction of sp³-hybridized carbons (Fsp3) is 0.542. The molecule has 41 heavy (non-hydrogen) atoms. The van der Waals surface area contributed by atoms with Crippen LogP contribution in [0.2, 0.25) is 0 Å². The Balaban J connectivity index is 1.25. The van der Waals surface area contributed by atoms with Gasteiger partial charge in [0, 0.05) is 42.9 Å². The quantitative estimate of drug-likeness (QED) is 0.332. The Morgan fingerprint density at radius 3 is 2.63 bits per heavy atom. The van der Waals surface area contributed by atoms with Gasteiger partial charge in [-0.2, -0.15) is 18.3 Å². The van der Waals surface area contributed by atoms with Crippen molar-refractivity contribution in [2.24, 2.45) is 18.9 Å². The summed E-state index contributed by atoms with van der Waals surface area (Å²) in [5.41, 5.74) is -0.325. The number of halogens is 6. The summed E-state index contributed by atoms with van der Waals surface area (Å²) in [5, 5.41) is 19.6. The van der Waals surface area contributed by atoms with Crippen molar-refractivity contribution in [3.63, 3.8) is 0 Å². The highest BCUT2D eigenvalue weighted by atomic mass is 32.1. The molecule has 10 nitrogen and oxygen atoms in total. The summed E-state index contributed by atoms with van der Waals surface area (Å²) >= 11 is 1.19. The van der Waals surface area contributed by atoms with Crippen LogP contribution >= 0.6 is 11.3 Å². The smallest absolute Gasteiger partial charge is 0.351 e. The number of fused-ring (bicyclic) bond motifs is 1. The number of thiophene rings is 1. The molecule has 3 aromatic rings. The van der Waals surface area contributed by atoms with Crippen molar-refractivity contribution in [1.29, 1.82) is 0 Å². The highest BCUT2D eigenvalue weighted by molar-refractivity contribution is 7.17. The van der Waals surface area contributed by atoms with Gasteiger partial charge in [0.05, 0.1) is 11.5 Å². The molecule has 0 radical (unpaired) electrons. The molecule has 3 heterocycles. The molecule has 0 aromatic carbocycles. The Bertz CT molecular complexity index is 1510. The maximum Gasteiger partial charge on any atom is 0.435 e. The fourth-order valence-corrected chi connectivity index (χ4v) is 6.25. The minimum atomic E-state index is -4.63. The number of hydrogen-bond donors (Lipinski definition) is 3. The first kappa shape index (κ1) is 27.5. The summed E-state index contributed by atoms with van der Waals surface area (Å²) in [6, 6.07) is 0.519. The average molecular weight is 603 g/mol. The summed E-state index contributed by atoms with van der Waals surface area (Å²) < 4.78 is 82.3. The summed E-state index contributed by atoms with van der Waals surface area (Å²) in [4.78, 5) is 26.6. The van der Waals surface area contributed by atoms with Crippen molar-refractivity contribution < 1.29 is 35.9 Å². The molecule has 1 unspecified atom stereocenters. The highest BCUT2D eigenvalue weighted by Gasteiger charge is 2.56. The van der Waals surface area contributed by atoms with E-state index in [-0.39, 0.29) is 54.2 Å². The molecule has 220 valence electrons. The second-order valence-corrected chi connectivity index (χ2v) is 11.7. The van der Waals surface area contributed by atoms with E-state index in [4.69, 9.17) is 0 Å². The zero-order valence-corrected chi connectivity index (χ0v) is 22.3. The molecule has 6 rings (SSSR count). The van der Waals surface area contributed by atoms with E-state index in [2.05, 4.69) is 31.2 Å². The first-order valence-electron chi connectivity index (χ1n) is 12.8. The fourth-order valence-electron chi connectivity index (χ4n) is 5.00. The number of amides is 2. The third-order valence-electron chi connectivity index (χ3n) is 7.59. The Morgan fingerprint density at radius 2 is 2.00 bits per heavy atom. The third-order valence-corrected chi connectivity index (χ3v) is 8.80. The predicted octanol–water partition coefficient (Wildman–Crippen LogP) is 4.25. The molecular formula is C24H24F6N8O2S. The monoisotopic (exact) mass is 602 g/mol. The largest absolute Gasteiger partial charge is 0.435 e. The second-order valence-electron chi connectivity index (χ2n) is 10.5. The lowest BCUT2D eigenvalue weighted by atomic mass is 9.91. The zero-order valence-electron chi connectivity index (χ0n) is 21.4. The van der Waals surface area contributed by atoms with Crippen LogP contribution < -0.4 is 16.0 Å². The number of aryl methyl sites for hydroxylation is 2. The van der Waals surface area contributed by atoms with Crippen LogP contribution in [-0.2, 0) is 30.9 Å². The van der Waals surface area contributed by atoms with Crippen molar-refractivity contribution >= 4 is 39.9 Å². The van der Waals surface area contributed by atoms with Crippen LogP contribution in [0.4, 0.5) is 43.1 Å². The molecule has 17 heteroatoms. The van der Waals surface area contributed by atoms with Crippen LogP contribution in [0.25, 0.3) is 0 Å². The van der Waals surface area contributed by atoms with Gasteiger partial charge < -0.3 is 16.0 Å². The van der Waals surface area contributed by atoms with Crippen LogP contribution in [0.3, 0.4) is 0 Å². The molecule has 0 aliphatic heterocycles. The van der Waals surface area contributed by atoms with Gasteiger partial charge in [-0.1, -0.05) is 0 Å². The van der Waals surface area contributed by atoms with Gasteiger partial charge in [-0.25, -0.2) is 13.2 Å². The van der Waals surface area contributed by atoms with E-state index in [0.29, 0.717) is 18.4 Å². The molecule has 3 N–H and O–H groups in total. The van der Waals surface area contributed by atoms with Gasteiger partial charge in [0.1, 0.15) is 23.3 Å². The van der Waals surface area contributed by atoms with Gasteiger partial charge >= 0.3 is 6.18 Å². The van der Waals surface area contributed by atoms with Crippen LogP contribution in [0.15, 0.2) is 12.4 Å². The maximum atomic E-state index is 13.5. The third kappa shape index (κ3) is 5.38. The number of aromatic nitrogens is 5. The van der Waals surface area contributed by atoms with Crippen LogP contribution in [-0.4, -0.2) is 55.0 Å². The number of carbonyl (C=O) groups is 2. The first-order valence-corrected chi connectivity index (χ1v) is 13.7. The van der Waals surface area contributed by atoms with E-state index < -0.39 is 47.6 Å². The SMILES string of the molecule is Cn1nc(C(F)(F)F)cc1Nc1nncn1[C@H]1CCc2sc(NC(=O)[C@H]3C[C@H]3F)c(C(=O)NCC3CC3(F)F)c2C1. The van der Waals surface area contributed by atoms with Crippen molar-refractivity contribution in [2.75, 3.05) is 17.2 Å². The number of anilines is 3. The van der Waals surface area contributed by atoms with Crippen molar-refractivity contribution in [2.45, 2.75) is 56.4 Å². The Kier molecular flexibility index (Phi) is 6.54. The summed E-state index contributed by atoms with van der Waals surface area (Å²) in [6.45, 7) is -0.230. The normalized spacial score (nSPS) is 24.5. The molecule has 2 fully saturated rings. The molecule has 3 aromatic heterocycles. The van der Waals surface area contributed by atoms with E-state index in [1.165, 1.54) is 24.7 Å². The minimum absolute atomic E-state index is 0.0341. The van der Waals surface area contributed by atoms with Crippen LogP contribution in [0.5, 0.6) is 0 Å². The highest BCUT2D eigenvalue weighted by Crippen LogP contribution is 2.48. The standard InChI is InChI=1S/C24H24F6N8O2S/c1-37-17(6-16(36-37)24(28,29)30)33-22-35-32-9-38(22)11-2-3-15-13(4-11)18(20(40)31-8-10-7-23(10,26)27)21(41-15)34-19(39)12-5-14(12)25/h6,9-12,14H,2-5,7-8H2,1H3,(H,31,40)(H,33,35)(H,34,39)/t10?,11-,12-,14+/m0/s1. The average Bonchev–Trinajstić information content (AvgIpc) is 3.50. The number of rotatable bonds is 8. The van der Waals surface area contributed by atoms with E-state index >= 15 is 0 Å². The number of nitrogens with one attached hydrogen (secondary N) is 3. The van der Waals surface area contributed by atoms with E-state index in [9.17, 15) is 35.9 Å². The van der Waals surface area contributed by atoms with Crippen LogP contribution in [0.1, 0.15) is 51.8 Å². The van der Waals surface area contributed by atoms with Gasteiger partial charge in [-0.15, -0.1) is 21.5 Å². The van der Waals surface area contributed by atoms with E-state index in [1.54, 1.807) is 4.57 Å². The number of hydrogen-bond acceptors (Lipinski definition) is 7. The van der Waals surface area contributed by atoms with Gasteiger partial charge in [0.25, 0.3) is 11.8 Å². The molecule has 0 bridgehead atoms. The molecule has 3 aliphatic rings. The molecular weight excluding hydrogens is 578 g/mol. The molecule has 2 amide bonds. The molecule has 0 spiro atoms. The summed E-state index contributed by atoms with van der Waals surface area (Å²) in [6.07, 6.45) is -3.37. The molecule has 4 atom stereocenters. The minimum Gasteiger partial charge on any atom is -0.351 e. The first-order chi connectivity index (χ1) is 19.3. The van der Waals surface area contributed by atoms with Crippen molar-refractivity contribution in [1.82, 2.24) is 29.9 Å². The zero-order chi connectivity index (χ0) is 29.3. The van der Waals surface area contributed by atoms with E-state index in [0.717, 1.165) is 15.6 Å². The van der Waals surface area contributed by atoms with Gasteiger partial charge in [-0.3, -0.25) is 18.8 Å². The Morgan fingerprint density at radius 1 is 1.27 bits per heavy atom. The molecule has 3 aliphatic carbocycles. The molecule has 0 saturated heterocycles. The Hall–Kier alpha value is -3.63. The lowest BCUT2D eigenvalue weighted by molar-refractivity contribution is -0.141. The van der Waals surface area contributed by atoms with Crippen molar-refractivity contribution in [3.8, 4) is 0 Å². The van der Waals surface area contributed by atoms with Gasteiger partial charge in [-0.05, 0) is 31.2 Å². The van der Waals surface area contributed by atoms with Gasteiger partial charge in [0.15, 0.2) is 5.69 Å². The van der Waals surface area contributed by atoms with E-state index in [1.807, 2.05) is 0 Å². The maximum absolute atomic E-state index is 13.5. The lowest BCUT2D eigenvalue weighted by Gasteiger charge is -2.25. The predicted molar refractivity (Wildman–Crippen MR) is 134 cm³/mol. The molecule has 2 saturated carbocycles. The summed E-state index contributed by atoms with van der Waals surface area (Å²) in [7, 11) is 1.35. The summed E-state index contributed by atoms with van der Waals surface area (Å²) in [5.74, 6) is -5.55. The van der Waals surface area contributed by atoms with Crippen molar-refractivity contribution in [3.05, 3.63) is 34.1 Å². The number of nitrogens with zero attached hydrogens (tertiary/aromatic N) is 5. The Labute approximate surface area is 232 Å².